The highest BCUT2D eigenvalue weighted by molar-refractivity contribution is 6.31. The van der Waals surface area contributed by atoms with E-state index in [4.69, 9.17) is 16.3 Å². The van der Waals surface area contributed by atoms with E-state index in [0.717, 1.165) is 5.56 Å². The Morgan fingerprint density at radius 2 is 1.83 bits per heavy atom. The maximum atomic E-state index is 13.5. The molecule has 0 saturated carbocycles. The molecule has 0 aliphatic rings. The van der Waals surface area contributed by atoms with Gasteiger partial charge in [0.15, 0.2) is 11.6 Å². The Bertz CT molecular complexity index is 545. The van der Waals surface area contributed by atoms with Gasteiger partial charge < -0.3 is 10.1 Å². The lowest BCUT2D eigenvalue weighted by Crippen LogP contribution is -2.07. The van der Waals surface area contributed by atoms with Gasteiger partial charge >= 0.3 is 0 Å². The summed E-state index contributed by atoms with van der Waals surface area (Å²) in [4.78, 5) is 0. The second kappa shape index (κ2) is 5.85. The number of halogens is 2. The minimum atomic E-state index is -0.395. The third kappa shape index (κ3) is 2.81. The molecule has 0 saturated heterocycles. The van der Waals surface area contributed by atoms with Crippen molar-refractivity contribution in [3.8, 4) is 11.5 Å². The summed E-state index contributed by atoms with van der Waals surface area (Å²) in [7, 11) is 1.82. The molecule has 0 amide bonds. The normalized spacial score (nSPS) is 10.4. The van der Waals surface area contributed by atoms with Crippen molar-refractivity contribution in [1.82, 2.24) is 5.32 Å². The van der Waals surface area contributed by atoms with Crippen molar-refractivity contribution in [2.24, 2.45) is 0 Å². The van der Waals surface area contributed by atoms with Crippen LogP contribution in [0.3, 0.4) is 0 Å². The van der Waals surface area contributed by atoms with Crippen LogP contribution in [0.1, 0.15) is 5.56 Å². The van der Waals surface area contributed by atoms with Crippen molar-refractivity contribution in [3.63, 3.8) is 0 Å². The van der Waals surface area contributed by atoms with Crippen molar-refractivity contribution in [1.29, 1.82) is 0 Å². The van der Waals surface area contributed by atoms with E-state index in [1.54, 1.807) is 36.4 Å². The quantitative estimate of drug-likeness (QED) is 0.902. The van der Waals surface area contributed by atoms with E-state index in [0.29, 0.717) is 17.3 Å². The zero-order valence-electron chi connectivity index (χ0n) is 9.91. The Balaban J connectivity index is 2.34. The van der Waals surface area contributed by atoms with Crippen LogP contribution in [0.2, 0.25) is 5.02 Å². The molecule has 2 nitrogen and oxygen atoms in total. The first-order valence-corrected chi connectivity index (χ1v) is 5.94. The topological polar surface area (TPSA) is 21.3 Å². The summed E-state index contributed by atoms with van der Waals surface area (Å²) in [5, 5.41) is 3.60. The minimum Gasteiger partial charge on any atom is -0.454 e. The lowest BCUT2D eigenvalue weighted by molar-refractivity contribution is 0.436. The van der Waals surface area contributed by atoms with Gasteiger partial charge in [0.2, 0.25) is 0 Å². The summed E-state index contributed by atoms with van der Waals surface area (Å²) in [5.74, 6) is 0.354. The molecule has 1 N–H and O–H groups in total. The summed E-state index contributed by atoms with van der Waals surface area (Å²) in [6, 6.07) is 11.6. The third-order valence-electron chi connectivity index (χ3n) is 2.49. The average Bonchev–Trinajstić information content (AvgIpc) is 2.36. The van der Waals surface area contributed by atoms with Crippen molar-refractivity contribution in [2.75, 3.05) is 7.05 Å². The van der Waals surface area contributed by atoms with Crippen LogP contribution in [-0.2, 0) is 6.54 Å². The molecule has 0 heterocycles. The Morgan fingerprint density at radius 1 is 1.11 bits per heavy atom. The van der Waals surface area contributed by atoms with E-state index in [9.17, 15) is 4.39 Å². The lowest BCUT2D eigenvalue weighted by atomic mass is 10.2. The molecule has 0 radical (unpaired) electrons. The van der Waals surface area contributed by atoms with E-state index in [2.05, 4.69) is 5.32 Å². The zero-order valence-corrected chi connectivity index (χ0v) is 10.7. The standard InChI is InChI=1S/C14H13ClFNO/c1-17-9-10-11(15)5-4-8-13(10)18-14-7-3-2-6-12(14)16/h2-8,17H,9H2,1H3. The summed E-state index contributed by atoms with van der Waals surface area (Å²) < 4.78 is 19.1. The average molecular weight is 266 g/mol. The first kappa shape index (κ1) is 12.9. The fourth-order valence-corrected chi connectivity index (χ4v) is 1.86. The third-order valence-corrected chi connectivity index (χ3v) is 2.84. The van der Waals surface area contributed by atoms with Crippen LogP contribution in [0.5, 0.6) is 11.5 Å². The molecule has 0 bridgehead atoms. The second-order valence-corrected chi connectivity index (χ2v) is 4.19. The summed E-state index contributed by atoms with van der Waals surface area (Å²) in [5.41, 5.74) is 0.810. The summed E-state index contributed by atoms with van der Waals surface area (Å²) >= 11 is 6.10. The van der Waals surface area contributed by atoms with E-state index in [1.165, 1.54) is 6.07 Å². The fourth-order valence-electron chi connectivity index (χ4n) is 1.63. The predicted octanol–water partition coefficient (Wildman–Crippen LogP) is 3.99. The highest BCUT2D eigenvalue weighted by atomic mass is 35.5. The van der Waals surface area contributed by atoms with Crippen LogP contribution in [-0.4, -0.2) is 7.05 Å². The molecule has 0 atom stereocenters. The highest BCUT2D eigenvalue weighted by Gasteiger charge is 2.10. The SMILES string of the molecule is CNCc1c(Cl)cccc1Oc1ccccc1F. The fraction of sp³-hybridized carbons (Fsp3) is 0.143. The zero-order chi connectivity index (χ0) is 13.0. The Hall–Kier alpha value is -1.58. The van der Waals surface area contributed by atoms with Gasteiger partial charge in [-0.05, 0) is 31.3 Å². The molecular weight excluding hydrogens is 253 g/mol. The van der Waals surface area contributed by atoms with Gasteiger partial charge in [0.05, 0.1) is 0 Å². The second-order valence-electron chi connectivity index (χ2n) is 3.78. The first-order valence-electron chi connectivity index (χ1n) is 5.56. The number of ether oxygens (including phenoxy) is 1. The van der Waals surface area contributed by atoms with Gasteiger partial charge in [-0.3, -0.25) is 0 Å². The molecule has 4 heteroatoms. The van der Waals surface area contributed by atoms with Crippen molar-refractivity contribution >= 4 is 11.6 Å². The summed E-state index contributed by atoms with van der Waals surface area (Å²) in [6.45, 7) is 0.559. The molecule has 0 aliphatic carbocycles. The van der Waals surface area contributed by atoms with Gasteiger partial charge in [-0.2, -0.15) is 0 Å². The molecule has 0 aliphatic heterocycles. The number of rotatable bonds is 4. The smallest absolute Gasteiger partial charge is 0.165 e. The van der Waals surface area contributed by atoms with Crippen LogP contribution < -0.4 is 10.1 Å². The molecule has 2 aromatic carbocycles. The molecule has 2 aromatic rings. The van der Waals surface area contributed by atoms with Gasteiger partial charge in [0.1, 0.15) is 5.75 Å². The number of nitrogens with one attached hydrogen (secondary N) is 1. The maximum Gasteiger partial charge on any atom is 0.165 e. The van der Waals surface area contributed by atoms with Gasteiger partial charge in [-0.15, -0.1) is 0 Å². The van der Waals surface area contributed by atoms with Crippen molar-refractivity contribution in [2.45, 2.75) is 6.54 Å². The van der Waals surface area contributed by atoms with E-state index >= 15 is 0 Å². The number of benzene rings is 2. The van der Waals surface area contributed by atoms with Crippen LogP contribution in [0.4, 0.5) is 4.39 Å². The van der Waals surface area contributed by atoms with E-state index < -0.39 is 5.82 Å². The van der Waals surface area contributed by atoms with Crippen LogP contribution in [0, 0.1) is 5.82 Å². The number of hydrogen-bond acceptors (Lipinski definition) is 2. The van der Waals surface area contributed by atoms with Gasteiger partial charge in [0, 0.05) is 17.1 Å². The van der Waals surface area contributed by atoms with E-state index in [-0.39, 0.29) is 5.75 Å². The highest BCUT2D eigenvalue weighted by Crippen LogP contribution is 2.31. The number of hydrogen-bond donors (Lipinski definition) is 1. The first-order chi connectivity index (χ1) is 8.72. The molecule has 18 heavy (non-hydrogen) atoms. The molecule has 0 unspecified atom stereocenters. The van der Waals surface area contributed by atoms with Crippen molar-refractivity contribution in [3.05, 3.63) is 58.9 Å². The Morgan fingerprint density at radius 3 is 2.56 bits per heavy atom. The number of para-hydroxylation sites is 1. The van der Waals surface area contributed by atoms with Crippen molar-refractivity contribution < 1.29 is 9.13 Å². The molecule has 94 valence electrons. The summed E-state index contributed by atoms with van der Waals surface area (Å²) in [6.07, 6.45) is 0. The Kier molecular flexibility index (Phi) is 4.18. The largest absolute Gasteiger partial charge is 0.454 e. The van der Waals surface area contributed by atoms with Gasteiger partial charge in [-0.25, -0.2) is 4.39 Å². The predicted molar refractivity (Wildman–Crippen MR) is 70.7 cm³/mol. The monoisotopic (exact) mass is 265 g/mol. The Labute approximate surface area is 110 Å². The van der Waals surface area contributed by atoms with E-state index in [1.807, 2.05) is 7.05 Å². The van der Waals surface area contributed by atoms with Crippen LogP contribution in [0.25, 0.3) is 0 Å². The molecule has 2 rings (SSSR count). The van der Waals surface area contributed by atoms with Crippen LogP contribution in [0.15, 0.2) is 42.5 Å². The van der Waals surface area contributed by atoms with Gasteiger partial charge in [0.25, 0.3) is 0 Å². The molecular formula is C14H13ClFNO. The molecule has 0 spiro atoms. The minimum absolute atomic E-state index is 0.192. The molecule has 0 aromatic heterocycles. The van der Waals surface area contributed by atoms with Crippen LogP contribution >= 0.6 is 11.6 Å². The maximum absolute atomic E-state index is 13.5. The molecule has 0 fully saturated rings. The van der Waals surface area contributed by atoms with Gasteiger partial charge in [-0.1, -0.05) is 29.8 Å². The lowest BCUT2D eigenvalue weighted by Gasteiger charge is -2.12.